The van der Waals surface area contributed by atoms with Crippen LogP contribution in [-0.2, 0) is 0 Å². The van der Waals surface area contributed by atoms with Gasteiger partial charge in [0.15, 0.2) is 0 Å². The first-order valence-electron chi connectivity index (χ1n) is 3.55. The van der Waals surface area contributed by atoms with Crippen molar-refractivity contribution in [3.63, 3.8) is 0 Å². The molecule has 62 valence electrons. The second-order valence-electron chi connectivity index (χ2n) is 2.59. The van der Waals surface area contributed by atoms with Crippen LogP contribution in [0.15, 0.2) is 18.2 Å². The highest BCUT2D eigenvalue weighted by atomic mass is 35.5. The Morgan fingerprint density at radius 2 is 1.75 bits per heavy atom. The highest BCUT2D eigenvalue weighted by molar-refractivity contribution is 6.34. The van der Waals surface area contributed by atoms with E-state index in [1.54, 1.807) is 6.07 Å². The van der Waals surface area contributed by atoms with Crippen LogP contribution < -0.4 is 0 Å². The molecule has 1 aromatic carbocycles. The van der Waals surface area contributed by atoms with Crippen LogP contribution in [0.5, 0.6) is 0 Å². The molecule has 0 saturated carbocycles. The molecular weight excluding hydrogens is 191 g/mol. The molecule has 12 heavy (non-hydrogen) atoms. The molecule has 0 aliphatic heterocycles. The van der Waals surface area contributed by atoms with E-state index in [1.165, 1.54) is 0 Å². The molecule has 1 rings (SSSR count). The molecule has 0 radical (unpaired) electrons. The quantitative estimate of drug-likeness (QED) is 0.604. The first kappa shape index (κ1) is 9.45. The van der Waals surface area contributed by atoms with E-state index < -0.39 is 0 Å². The molecule has 0 N–H and O–H groups in total. The maximum Gasteiger partial charge on any atom is 0.0423 e. The van der Waals surface area contributed by atoms with E-state index in [0.29, 0.717) is 10.0 Å². The van der Waals surface area contributed by atoms with Crippen molar-refractivity contribution in [3.05, 3.63) is 33.8 Å². The van der Waals surface area contributed by atoms with E-state index >= 15 is 0 Å². The average Bonchev–Trinajstić information content (AvgIpc) is 2.01. The van der Waals surface area contributed by atoms with E-state index in [0.717, 1.165) is 5.56 Å². The molecule has 1 atom stereocenters. The molecule has 0 saturated heterocycles. The molecule has 0 aliphatic rings. The van der Waals surface area contributed by atoms with Crippen LogP contribution in [0.1, 0.15) is 18.4 Å². The Morgan fingerprint density at radius 1 is 1.25 bits per heavy atom. The smallest absolute Gasteiger partial charge is 0.0423 e. The number of rotatable bonds is 1. The summed E-state index contributed by atoms with van der Waals surface area (Å²) in [6, 6.07) is 5.35. The lowest BCUT2D eigenvalue weighted by atomic mass is 10.0. The SMILES string of the molecule is C#CC(C)c1cc(Cl)cc(Cl)c1. The third kappa shape index (κ3) is 2.17. The largest absolute Gasteiger partial charge is 0.119 e. The molecule has 0 aliphatic carbocycles. The Balaban J connectivity index is 3.10. The maximum absolute atomic E-state index is 5.80. The van der Waals surface area contributed by atoms with Gasteiger partial charge in [-0.2, -0.15) is 0 Å². The van der Waals surface area contributed by atoms with Crippen LogP contribution in [0, 0.1) is 12.3 Å². The van der Waals surface area contributed by atoms with Crippen LogP contribution in [-0.4, -0.2) is 0 Å². The highest BCUT2D eigenvalue weighted by Gasteiger charge is 2.03. The summed E-state index contributed by atoms with van der Waals surface area (Å²) in [5.74, 6) is 2.68. The number of halogens is 2. The van der Waals surface area contributed by atoms with Gasteiger partial charge in [-0.05, 0) is 30.7 Å². The zero-order chi connectivity index (χ0) is 9.14. The van der Waals surface area contributed by atoms with E-state index in [9.17, 15) is 0 Å². The summed E-state index contributed by atoms with van der Waals surface area (Å²) in [6.07, 6.45) is 5.27. The van der Waals surface area contributed by atoms with Gasteiger partial charge in [-0.1, -0.05) is 29.1 Å². The van der Waals surface area contributed by atoms with Crippen molar-refractivity contribution in [2.45, 2.75) is 12.8 Å². The van der Waals surface area contributed by atoms with Crippen molar-refractivity contribution >= 4 is 23.2 Å². The van der Waals surface area contributed by atoms with Gasteiger partial charge in [0.25, 0.3) is 0 Å². The molecule has 2 heteroatoms. The van der Waals surface area contributed by atoms with Gasteiger partial charge in [0.1, 0.15) is 0 Å². The van der Waals surface area contributed by atoms with Gasteiger partial charge < -0.3 is 0 Å². The molecule has 0 bridgehead atoms. The molecular formula is C10H8Cl2. The van der Waals surface area contributed by atoms with Gasteiger partial charge >= 0.3 is 0 Å². The highest BCUT2D eigenvalue weighted by Crippen LogP contribution is 2.23. The molecule has 1 unspecified atom stereocenters. The van der Waals surface area contributed by atoms with Crippen molar-refractivity contribution in [1.29, 1.82) is 0 Å². The van der Waals surface area contributed by atoms with Gasteiger partial charge in [0.05, 0.1) is 0 Å². The normalized spacial score (nSPS) is 12.2. The summed E-state index contributed by atoms with van der Waals surface area (Å²) in [6.45, 7) is 1.93. The Hall–Kier alpha value is -0.640. The summed E-state index contributed by atoms with van der Waals surface area (Å²) >= 11 is 11.6. The molecule has 0 spiro atoms. The fourth-order valence-corrected chi connectivity index (χ4v) is 1.46. The minimum Gasteiger partial charge on any atom is -0.119 e. The van der Waals surface area contributed by atoms with Crippen molar-refractivity contribution in [1.82, 2.24) is 0 Å². The second-order valence-corrected chi connectivity index (χ2v) is 3.46. The third-order valence-corrected chi connectivity index (χ3v) is 2.07. The summed E-state index contributed by atoms with van der Waals surface area (Å²) < 4.78 is 0. The van der Waals surface area contributed by atoms with Crippen LogP contribution in [0.4, 0.5) is 0 Å². The lowest BCUT2D eigenvalue weighted by Crippen LogP contribution is -1.88. The Morgan fingerprint density at radius 3 is 2.17 bits per heavy atom. The van der Waals surface area contributed by atoms with Gasteiger partial charge in [-0.25, -0.2) is 0 Å². The number of terminal acetylenes is 1. The van der Waals surface area contributed by atoms with E-state index in [1.807, 2.05) is 19.1 Å². The lowest BCUT2D eigenvalue weighted by Gasteiger charge is -2.04. The molecule has 0 fully saturated rings. The number of hydrogen-bond donors (Lipinski definition) is 0. The predicted octanol–water partition coefficient (Wildman–Crippen LogP) is 3.73. The predicted molar refractivity (Wildman–Crippen MR) is 53.7 cm³/mol. The minimum absolute atomic E-state index is 0.0567. The van der Waals surface area contributed by atoms with Crippen molar-refractivity contribution in [2.24, 2.45) is 0 Å². The fourth-order valence-electron chi connectivity index (χ4n) is 0.921. The van der Waals surface area contributed by atoms with Crippen molar-refractivity contribution in [2.75, 3.05) is 0 Å². The monoisotopic (exact) mass is 198 g/mol. The fraction of sp³-hybridized carbons (Fsp3) is 0.200. The molecule has 0 heterocycles. The van der Waals surface area contributed by atoms with Crippen LogP contribution in [0.2, 0.25) is 10.0 Å². The van der Waals surface area contributed by atoms with Crippen molar-refractivity contribution in [3.8, 4) is 12.3 Å². The number of hydrogen-bond acceptors (Lipinski definition) is 0. The zero-order valence-electron chi connectivity index (χ0n) is 6.64. The summed E-state index contributed by atoms with van der Waals surface area (Å²) in [5.41, 5.74) is 0.981. The van der Waals surface area contributed by atoms with Crippen LogP contribution >= 0.6 is 23.2 Å². The summed E-state index contributed by atoms with van der Waals surface area (Å²) in [5, 5.41) is 1.25. The second kappa shape index (κ2) is 3.85. The van der Waals surface area contributed by atoms with Gasteiger partial charge in [0.2, 0.25) is 0 Å². The van der Waals surface area contributed by atoms with E-state index in [-0.39, 0.29) is 5.92 Å². The van der Waals surface area contributed by atoms with E-state index in [2.05, 4.69) is 5.92 Å². The third-order valence-electron chi connectivity index (χ3n) is 1.63. The topological polar surface area (TPSA) is 0 Å². The summed E-state index contributed by atoms with van der Waals surface area (Å²) in [4.78, 5) is 0. The van der Waals surface area contributed by atoms with Crippen molar-refractivity contribution < 1.29 is 0 Å². The minimum atomic E-state index is 0.0567. The van der Waals surface area contributed by atoms with Gasteiger partial charge in [-0.15, -0.1) is 6.42 Å². The Bertz CT molecular complexity index is 303. The van der Waals surface area contributed by atoms with Crippen LogP contribution in [0.3, 0.4) is 0 Å². The first-order valence-corrected chi connectivity index (χ1v) is 4.31. The standard InChI is InChI=1S/C10H8Cl2/c1-3-7(2)8-4-9(11)6-10(12)5-8/h1,4-7H,2H3. The molecule has 1 aromatic rings. The zero-order valence-corrected chi connectivity index (χ0v) is 8.15. The Labute approximate surface area is 82.5 Å². The van der Waals surface area contributed by atoms with Gasteiger partial charge in [-0.3, -0.25) is 0 Å². The van der Waals surface area contributed by atoms with Gasteiger partial charge in [0, 0.05) is 16.0 Å². The molecule has 0 aromatic heterocycles. The maximum atomic E-state index is 5.80. The summed E-state index contributed by atoms with van der Waals surface area (Å²) in [7, 11) is 0. The Kier molecular flexibility index (Phi) is 3.03. The first-order chi connectivity index (χ1) is 5.63. The lowest BCUT2D eigenvalue weighted by molar-refractivity contribution is 1.01. The molecule has 0 amide bonds. The van der Waals surface area contributed by atoms with Crippen LogP contribution in [0.25, 0.3) is 0 Å². The number of benzene rings is 1. The molecule has 0 nitrogen and oxygen atoms in total. The average molecular weight is 199 g/mol. The van der Waals surface area contributed by atoms with E-state index in [4.69, 9.17) is 29.6 Å².